The zero-order valence-corrected chi connectivity index (χ0v) is 16.6. The number of ether oxygens (including phenoxy) is 1. The van der Waals surface area contributed by atoms with Crippen LogP contribution in [0.2, 0.25) is 0 Å². The van der Waals surface area contributed by atoms with E-state index < -0.39 is 17.8 Å². The van der Waals surface area contributed by atoms with Gasteiger partial charge in [-0.1, -0.05) is 41.3 Å². The predicted octanol–water partition coefficient (Wildman–Crippen LogP) is 5.50. The van der Waals surface area contributed by atoms with E-state index in [4.69, 9.17) is 4.74 Å². The number of alkyl halides is 3. The van der Waals surface area contributed by atoms with Crippen LogP contribution in [0.25, 0.3) is 0 Å². The van der Waals surface area contributed by atoms with Crippen LogP contribution in [0.3, 0.4) is 0 Å². The lowest BCUT2D eigenvalue weighted by Crippen LogP contribution is -2.19. The lowest BCUT2D eigenvalue weighted by Gasteiger charge is -2.07. The summed E-state index contributed by atoms with van der Waals surface area (Å²) in [6.07, 6.45) is -4.38. The summed E-state index contributed by atoms with van der Waals surface area (Å²) >= 11 is 2.37. The highest BCUT2D eigenvalue weighted by molar-refractivity contribution is 8.00. The minimum absolute atomic E-state index is 0.280. The molecule has 2 amide bonds. The maximum absolute atomic E-state index is 12.8. The molecule has 0 bridgehead atoms. The van der Waals surface area contributed by atoms with Crippen molar-refractivity contribution in [2.24, 2.45) is 0 Å². The molecule has 0 atom stereocenters. The van der Waals surface area contributed by atoms with Crippen molar-refractivity contribution in [3.05, 3.63) is 59.7 Å². The molecule has 2 aromatic carbocycles. The summed E-state index contributed by atoms with van der Waals surface area (Å²) < 4.78 is 43.9. The Morgan fingerprint density at radius 2 is 1.90 bits per heavy atom. The maximum Gasteiger partial charge on any atom is 0.416 e. The summed E-state index contributed by atoms with van der Waals surface area (Å²) in [5, 5.41) is 13.3. The summed E-state index contributed by atoms with van der Waals surface area (Å²) in [7, 11) is 1.55. The van der Waals surface area contributed by atoms with E-state index in [0.717, 1.165) is 23.5 Å². The van der Waals surface area contributed by atoms with Crippen molar-refractivity contribution in [2.45, 2.75) is 16.3 Å². The van der Waals surface area contributed by atoms with Gasteiger partial charge in [-0.2, -0.15) is 13.2 Å². The number of hydrogen-bond acceptors (Lipinski definition) is 6. The quantitative estimate of drug-likeness (QED) is 0.391. The first-order valence-corrected chi connectivity index (χ1v) is 9.98. The molecule has 0 aliphatic rings. The number of thioether (sulfide) groups is 1. The summed E-state index contributed by atoms with van der Waals surface area (Å²) in [5.41, 5.74) is 0.407. The zero-order valence-electron chi connectivity index (χ0n) is 15.0. The summed E-state index contributed by atoms with van der Waals surface area (Å²) in [5.74, 6) is 0.971. The second kappa shape index (κ2) is 9.14. The van der Waals surface area contributed by atoms with Crippen molar-refractivity contribution in [3.8, 4) is 5.75 Å². The van der Waals surface area contributed by atoms with E-state index in [9.17, 15) is 18.0 Å². The van der Waals surface area contributed by atoms with Crippen molar-refractivity contribution < 1.29 is 22.7 Å². The second-order valence-electron chi connectivity index (χ2n) is 5.67. The minimum atomic E-state index is -4.38. The summed E-state index contributed by atoms with van der Waals surface area (Å²) in [6, 6.07) is 11.4. The average molecular weight is 440 g/mol. The van der Waals surface area contributed by atoms with Gasteiger partial charge >= 0.3 is 12.2 Å². The third-order valence-electron chi connectivity index (χ3n) is 3.59. The van der Waals surface area contributed by atoms with Gasteiger partial charge in [-0.3, -0.25) is 5.32 Å². The highest BCUT2D eigenvalue weighted by Crippen LogP contribution is 2.32. The fraction of sp³-hybridized carbons (Fsp3) is 0.167. The number of benzene rings is 2. The van der Waals surface area contributed by atoms with Crippen molar-refractivity contribution in [3.63, 3.8) is 0 Å². The van der Waals surface area contributed by atoms with Crippen LogP contribution in [0.15, 0.2) is 52.9 Å². The molecule has 3 aromatic rings. The lowest BCUT2D eigenvalue weighted by atomic mass is 10.1. The monoisotopic (exact) mass is 440 g/mol. The van der Waals surface area contributed by atoms with Gasteiger partial charge in [0, 0.05) is 11.4 Å². The van der Waals surface area contributed by atoms with Gasteiger partial charge in [0.15, 0.2) is 4.34 Å². The number of anilines is 2. The topological polar surface area (TPSA) is 76.1 Å². The van der Waals surface area contributed by atoms with Gasteiger partial charge in [-0.05, 0) is 35.9 Å². The van der Waals surface area contributed by atoms with Gasteiger partial charge < -0.3 is 10.1 Å². The molecule has 0 spiro atoms. The molecule has 29 heavy (non-hydrogen) atoms. The average Bonchev–Trinajstić information content (AvgIpc) is 3.13. The Bertz CT molecular complexity index is 978. The molecule has 3 rings (SSSR count). The van der Waals surface area contributed by atoms with Crippen molar-refractivity contribution in [2.75, 3.05) is 17.7 Å². The number of carbonyl (C=O) groups is 1. The first-order valence-electron chi connectivity index (χ1n) is 8.18. The number of carbonyl (C=O) groups excluding carboxylic acids is 1. The molecule has 1 aromatic heterocycles. The van der Waals surface area contributed by atoms with Gasteiger partial charge in [0.05, 0.1) is 12.7 Å². The third-order valence-corrected chi connectivity index (χ3v) is 5.63. The van der Waals surface area contributed by atoms with E-state index >= 15 is 0 Å². The maximum atomic E-state index is 12.8. The van der Waals surface area contributed by atoms with Crippen LogP contribution in [0.4, 0.5) is 28.8 Å². The number of urea groups is 1. The highest BCUT2D eigenvalue weighted by atomic mass is 32.2. The Labute approximate surface area is 172 Å². The molecule has 0 aliphatic heterocycles. The van der Waals surface area contributed by atoms with Crippen LogP contribution >= 0.6 is 23.1 Å². The number of amides is 2. The molecular weight excluding hydrogens is 425 g/mol. The molecule has 0 saturated carbocycles. The standard InChI is InChI=1S/C18H15F3N4O2S2/c1-27-14-7-5-13(6-8-14)22-15(26)23-16-24-25-17(29-16)28-10-11-3-2-4-12(9-11)18(19,20)21/h2-9H,10H2,1H3,(H2,22,23,24,26). The lowest BCUT2D eigenvalue weighted by molar-refractivity contribution is -0.137. The van der Waals surface area contributed by atoms with Crippen LogP contribution < -0.4 is 15.4 Å². The minimum Gasteiger partial charge on any atom is -0.497 e. The number of nitrogens with one attached hydrogen (secondary N) is 2. The fourth-order valence-electron chi connectivity index (χ4n) is 2.23. The molecule has 0 fully saturated rings. The van der Waals surface area contributed by atoms with Gasteiger partial charge in [-0.15, -0.1) is 10.2 Å². The van der Waals surface area contributed by atoms with Crippen LogP contribution in [-0.2, 0) is 11.9 Å². The number of rotatable bonds is 6. The SMILES string of the molecule is COc1ccc(NC(=O)Nc2nnc(SCc3cccc(C(F)(F)F)c3)s2)cc1. The smallest absolute Gasteiger partial charge is 0.416 e. The number of methoxy groups -OCH3 is 1. The van der Waals surface area contributed by atoms with E-state index in [2.05, 4.69) is 20.8 Å². The summed E-state index contributed by atoms with van der Waals surface area (Å²) in [4.78, 5) is 12.0. The van der Waals surface area contributed by atoms with Crippen LogP contribution in [-0.4, -0.2) is 23.3 Å². The van der Waals surface area contributed by atoms with E-state index in [-0.39, 0.29) is 5.13 Å². The van der Waals surface area contributed by atoms with E-state index in [1.165, 1.54) is 17.8 Å². The van der Waals surface area contributed by atoms with Crippen LogP contribution in [0.1, 0.15) is 11.1 Å². The first kappa shape index (κ1) is 20.9. The van der Waals surface area contributed by atoms with Gasteiger partial charge in [0.2, 0.25) is 5.13 Å². The second-order valence-corrected chi connectivity index (χ2v) is 7.87. The molecule has 0 saturated heterocycles. The Balaban J connectivity index is 1.53. The van der Waals surface area contributed by atoms with Crippen molar-refractivity contribution in [1.82, 2.24) is 10.2 Å². The van der Waals surface area contributed by atoms with Crippen molar-refractivity contribution >= 4 is 39.9 Å². The Kier molecular flexibility index (Phi) is 6.60. The molecule has 0 aliphatic carbocycles. The summed E-state index contributed by atoms with van der Waals surface area (Å²) in [6.45, 7) is 0. The van der Waals surface area contributed by atoms with Crippen LogP contribution in [0.5, 0.6) is 5.75 Å². The van der Waals surface area contributed by atoms with Crippen LogP contribution in [0, 0.1) is 0 Å². The molecular formula is C18H15F3N4O2S2. The van der Waals surface area contributed by atoms with Gasteiger partial charge in [-0.25, -0.2) is 4.79 Å². The number of halogens is 3. The molecule has 6 nitrogen and oxygen atoms in total. The third kappa shape index (κ3) is 6.09. The number of hydrogen-bond donors (Lipinski definition) is 2. The Morgan fingerprint density at radius 1 is 1.14 bits per heavy atom. The zero-order chi connectivity index (χ0) is 20.9. The Morgan fingerprint density at radius 3 is 2.59 bits per heavy atom. The largest absolute Gasteiger partial charge is 0.497 e. The van der Waals surface area contributed by atoms with E-state index in [0.29, 0.717) is 27.1 Å². The molecule has 1 heterocycles. The molecule has 152 valence electrons. The molecule has 0 radical (unpaired) electrons. The van der Waals surface area contributed by atoms with Crippen molar-refractivity contribution in [1.29, 1.82) is 0 Å². The van der Waals surface area contributed by atoms with Gasteiger partial charge in [0.25, 0.3) is 0 Å². The first-order chi connectivity index (χ1) is 13.8. The fourth-order valence-corrected chi connectivity index (χ4v) is 3.92. The van der Waals surface area contributed by atoms with E-state index in [1.807, 2.05) is 0 Å². The van der Waals surface area contributed by atoms with E-state index in [1.54, 1.807) is 37.4 Å². The Hall–Kier alpha value is -2.79. The predicted molar refractivity (Wildman–Crippen MR) is 107 cm³/mol. The normalized spacial score (nSPS) is 11.2. The van der Waals surface area contributed by atoms with Gasteiger partial charge in [0.1, 0.15) is 5.75 Å². The number of nitrogens with zero attached hydrogens (tertiary/aromatic N) is 2. The molecule has 11 heteroatoms. The number of aromatic nitrogens is 2. The molecule has 2 N–H and O–H groups in total. The molecule has 0 unspecified atom stereocenters. The highest BCUT2D eigenvalue weighted by Gasteiger charge is 2.30.